The van der Waals surface area contributed by atoms with Gasteiger partial charge in [0.05, 0.1) is 23.7 Å². The normalized spacial score (nSPS) is 13.3. The summed E-state index contributed by atoms with van der Waals surface area (Å²) in [5, 5.41) is 3.91. The van der Waals surface area contributed by atoms with E-state index in [1.54, 1.807) is 18.2 Å². The molecule has 0 radical (unpaired) electrons. The van der Waals surface area contributed by atoms with E-state index < -0.39 is 0 Å². The van der Waals surface area contributed by atoms with Crippen molar-refractivity contribution in [2.75, 3.05) is 0 Å². The summed E-state index contributed by atoms with van der Waals surface area (Å²) in [6, 6.07) is 15.3. The average molecular weight is 447 g/mol. The Morgan fingerprint density at radius 1 is 1.17 bits per heavy atom. The van der Waals surface area contributed by atoms with Crippen LogP contribution in [0.4, 0.5) is 0 Å². The van der Waals surface area contributed by atoms with E-state index in [9.17, 15) is 4.79 Å². The zero-order chi connectivity index (χ0) is 20.2. The largest absolute Gasteiger partial charge is 0.485 e. The van der Waals surface area contributed by atoms with Gasteiger partial charge in [0.15, 0.2) is 0 Å². The van der Waals surface area contributed by atoms with Crippen molar-refractivity contribution in [3.05, 3.63) is 80.2 Å². The molecule has 1 aromatic heterocycles. The van der Waals surface area contributed by atoms with Gasteiger partial charge < -0.3 is 9.64 Å². The van der Waals surface area contributed by atoms with Crippen molar-refractivity contribution in [2.24, 2.45) is 0 Å². The molecule has 4 nitrogen and oxygen atoms in total. The minimum absolute atomic E-state index is 0.148. The fourth-order valence-electron chi connectivity index (χ4n) is 3.07. The SMILES string of the molecule is O=C(Cc1ccccc1)N(Cc1csc(COc2cc(Cl)ccc2Cl)n1)C1CC1. The maximum absolute atomic E-state index is 12.8. The van der Waals surface area contributed by atoms with Crippen LogP contribution in [0.25, 0.3) is 0 Å². The van der Waals surface area contributed by atoms with Crippen molar-refractivity contribution < 1.29 is 9.53 Å². The molecular weight excluding hydrogens is 427 g/mol. The van der Waals surface area contributed by atoms with Crippen LogP contribution in [-0.2, 0) is 24.4 Å². The first kappa shape index (κ1) is 20.2. The molecule has 1 heterocycles. The molecule has 0 atom stereocenters. The highest BCUT2D eigenvalue weighted by atomic mass is 35.5. The lowest BCUT2D eigenvalue weighted by atomic mass is 10.1. The molecule has 1 amide bonds. The van der Waals surface area contributed by atoms with Crippen LogP contribution in [0.15, 0.2) is 53.9 Å². The molecular formula is C22H20Cl2N2O2S. The van der Waals surface area contributed by atoms with Crippen molar-refractivity contribution in [3.8, 4) is 5.75 Å². The molecule has 0 spiro atoms. The summed E-state index contributed by atoms with van der Waals surface area (Å²) >= 11 is 13.6. The highest BCUT2D eigenvalue weighted by molar-refractivity contribution is 7.09. The Bertz CT molecular complexity index is 989. The fraction of sp³-hybridized carbons (Fsp3) is 0.273. The number of thiazole rings is 1. The van der Waals surface area contributed by atoms with Gasteiger partial charge in [0.25, 0.3) is 0 Å². The first-order valence-electron chi connectivity index (χ1n) is 9.43. The zero-order valence-corrected chi connectivity index (χ0v) is 18.0. The molecule has 1 saturated carbocycles. The molecule has 0 bridgehead atoms. The van der Waals surface area contributed by atoms with Crippen molar-refractivity contribution in [2.45, 2.75) is 38.5 Å². The summed E-state index contributed by atoms with van der Waals surface area (Å²) in [6.45, 7) is 0.844. The van der Waals surface area contributed by atoms with Crippen LogP contribution in [0.1, 0.15) is 29.1 Å². The third kappa shape index (κ3) is 5.50. The van der Waals surface area contributed by atoms with Crippen molar-refractivity contribution in [3.63, 3.8) is 0 Å². The number of carbonyl (C=O) groups excluding carboxylic acids is 1. The lowest BCUT2D eigenvalue weighted by Crippen LogP contribution is -2.33. The monoisotopic (exact) mass is 446 g/mol. The van der Waals surface area contributed by atoms with E-state index in [-0.39, 0.29) is 5.91 Å². The predicted molar refractivity (Wildman–Crippen MR) is 117 cm³/mol. The highest BCUT2D eigenvalue weighted by Crippen LogP contribution is 2.30. The van der Waals surface area contributed by atoms with Gasteiger partial charge in [0.1, 0.15) is 17.4 Å². The first-order valence-corrected chi connectivity index (χ1v) is 11.1. The van der Waals surface area contributed by atoms with Gasteiger partial charge in [-0.05, 0) is 30.5 Å². The van der Waals surface area contributed by atoms with Gasteiger partial charge in [-0.1, -0.05) is 53.5 Å². The molecule has 2 aromatic carbocycles. The summed E-state index contributed by atoms with van der Waals surface area (Å²) in [5.74, 6) is 0.684. The third-order valence-electron chi connectivity index (χ3n) is 4.68. The minimum atomic E-state index is 0.148. The van der Waals surface area contributed by atoms with E-state index in [0.717, 1.165) is 29.1 Å². The average Bonchev–Trinajstić information content (AvgIpc) is 3.46. The second kappa shape index (κ2) is 9.16. The molecule has 7 heteroatoms. The molecule has 0 unspecified atom stereocenters. The second-order valence-corrected chi connectivity index (χ2v) is 8.80. The van der Waals surface area contributed by atoms with Crippen LogP contribution < -0.4 is 4.74 Å². The summed E-state index contributed by atoms with van der Waals surface area (Å²) < 4.78 is 5.76. The first-order chi connectivity index (χ1) is 14.1. The van der Waals surface area contributed by atoms with Gasteiger partial charge in [-0.3, -0.25) is 4.79 Å². The van der Waals surface area contributed by atoms with E-state index >= 15 is 0 Å². The summed E-state index contributed by atoms with van der Waals surface area (Å²) in [6.07, 6.45) is 2.55. The Hall–Kier alpha value is -2.08. The number of ether oxygens (including phenoxy) is 1. The van der Waals surface area contributed by atoms with Crippen LogP contribution in [0, 0.1) is 0 Å². The van der Waals surface area contributed by atoms with Crippen LogP contribution in [0.2, 0.25) is 10.0 Å². The van der Waals surface area contributed by atoms with E-state index in [0.29, 0.717) is 41.4 Å². The Morgan fingerprint density at radius 2 is 1.97 bits per heavy atom. The minimum Gasteiger partial charge on any atom is -0.485 e. The molecule has 29 heavy (non-hydrogen) atoms. The fourth-order valence-corrected chi connectivity index (χ4v) is 4.10. The number of hydrogen-bond acceptors (Lipinski definition) is 4. The molecule has 3 aromatic rings. The second-order valence-electron chi connectivity index (χ2n) is 7.01. The summed E-state index contributed by atoms with van der Waals surface area (Å²) in [5.41, 5.74) is 1.92. The highest BCUT2D eigenvalue weighted by Gasteiger charge is 2.32. The van der Waals surface area contributed by atoms with E-state index in [1.165, 1.54) is 11.3 Å². The van der Waals surface area contributed by atoms with Gasteiger partial charge in [0.2, 0.25) is 5.91 Å². The number of rotatable bonds is 8. The number of halogens is 2. The molecule has 4 rings (SSSR count). The topological polar surface area (TPSA) is 42.4 Å². The number of hydrogen-bond donors (Lipinski definition) is 0. The molecule has 0 aliphatic heterocycles. The molecule has 150 valence electrons. The van der Waals surface area contributed by atoms with Gasteiger partial charge >= 0.3 is 0 Å². The molecule has 0 N–H and O–H groups in total. The Labute approximate surface area is 184 Å². The molecule has 0 saturated heterocycles. The molecule has 1 fully saturated rings. The van der Waals surface area contributed by atoms with E-state index in [1.807, 2.05) is 40.6 Å². The summed E-state index contributed by atoms with van der Waals surface area (Å²) in [7, 11) is 0. The Morgan fingerprint density at radius 3 is 2.72 bits per heavy atom. The lowest BCUT2D eigenvalue weighted by molar-refractivity contribution is -0.131. The third-order valence-corrected chi connectivity index (χ3v) is 6.10. The molecule has 1 aliphatic rings. The summed E-state index contributed by atoms with van der Waals surface area (Å²) in [4.78, 5) is 19.4. The Kier molecular flexibility index (Phi) is 6.38. The van der Waals surface area contributed by atoms with Gasteiger partial charge in [-0.25, -0.2) is 4.98 Å². The smallest absolute Gasteiger partial charge is 0.227 e. The van der Waals surface area contributed by atoms with Gasteiger partial charge in [-0.2, -0.15) is 0 Å². The molecule has 1 aliphatic carbocycles. The number of nitrogens with zero attached hydrogens (tertiary/aromatic N) is 2. The van der Waals surface area contributed by atoms with Crippen molar-refractivity contribution in [1.29, 1.82) is 0 Å². The number of benzene rings is 2. The van der Waals surface area contributed by atoms with Crippen LogP contribution in [0.5, 0.6) is 5.75 Å². The van der Waals surface area contributed by atoms with Crippen molar-refractivity contribution in [1.82, 2.24) is 9.88 Å². The quantitative estimate of drug-likeness (QED) is 0.441. The number of amides is 1. The van der Waals surface area contributed by atoms with Gasteiger partial charge in [0, 0.05) is 22.5 Å². The number of aromatic nitrogens is 1. The van der Waals surface area contributed by atoms with Crippen LogP contribution >= 0.6 is 34.5 Å². The number of carbonyl (C=O) groups is 1. The van der Waals surface area contributed by atoms with Crippen LogP contribution in [-0.4, -0.2) is 21.8 Å². The van der Waals surface area contributed by atoms with Crippen LogP contribution in [0.3, 0.4) is 0 Å². The Balaban J connectivity index is 1.37. The van der Waals surface area contributed by atoms with E-state index in [2.05, 4.69) is 4.98 Å². The predicted octanol–water partition coefficient (Wildman–Crippen LogP) is 5.76. The lowest BCUT2D eigenvalue weighted by Gasteiger charge is -2.21. The maximum Gasteiger partial charge on any atom is 0.227 e. The van der Waals surface area contributed by atoms with E-state index in [4.69, 9.17) is 27.9 Å². The van der Waals surface area contributed by atoms with Gasteiger partial charge in [-0.15, -0.1) is 11.3 Å². The standard InChI is InChI=1S/C22H20Cl2N2O2S/c23-16-6-9-19(24)20(11-16)28-13-21-25-17(14-29-21)12-26(18-7-8-18)22(27)10-15-4-2-1-3-5-15/h1-6,9,11,14,18H,7-8,10,12-13H2. The maximum atomic E-state index is 12.8. The van der Waals surface area contributed by atoms with Crippen molar-refractivity contribution >= 4 is 40.4 Å². The zero-order valence-electron chi connectivity index (χ0n) is 15.7.